The van der Waals surface area contributed by atoms with E-state index >= 15 is 0 Å². The van der Waals surface area contributed by atoms with Crippen molar-refractivity contribution < 1.29 is 4.39 Å². The normalized spacial score (nSPS) is 10.6. The van der Waals surface area contributed by atoms with Crippen molar-refractivity contribution >= 4 is 5.69 Å². The molecule has 0 unspecified atom stereocenters. The zero-order chi connectivity index (χ0) is 14.7. The number of aromatic amines is 1. The first kappa shape index (κ1) is 13.2. The topological polar surface area (TPSA) is 66.5 Å². The molecule has 0 aliphatic rings. The highest BCUT2D eigenvalue weighted by Crippen LogP contribution is 2.19. The molecular formula is C15H14FN5. The van der Waals surface area contributed by atoms with Crippen LogP contribution in [-0.2, 0) is 6.54 Å². The molecule has 3 aromatic rings. The van der Waals surface area contributed by atoms with Crippen LogP contribution in [0.3, 0.4) is 0 Å². The van der Waals surface area contributed by atoms with Crippen molar-refractivity contribution in [2.24, 2.45) is 0 Å². The Morgan fingerprint density at radius 2 is 2.10 bits per heavy atom. The fourth-order valence-corrected chi connectivity index (χ4v) is 2.11. The molecule has 2 aromatic carbocycles. The second kappa shape index (κ2) is 5.70. The summed E-state index contributed by atoms with van der Waals surface area (Å²) in [7, 11) is 0. The zero-order valence-corrected chi connectivity index (χ0v) is 11.5. The van der Waals surface area contributed by atoms with Crippen LogP contribution in [-0.4, -0.2) is 20.6 Å². The molecule has 0 saturated carbocycles. The van der Waals surface area contributed by atoms with E-state index < -0.39 is 0 Å². The Kier molecular flexibility index (Phi) is 3.59. The van der Waals surface area contributed by atoms with E-state index in [4.69, 9.17) is 0 Å². The highest BCUT2D eigenvalue weighted by atomic mass is 19.1. The van der Waals surface area contributed by atoms with Crippen molar-refractivity contribution in [3.05, 3.63) is 59.4 Å². The number of tetrazole rings is 1. The molecule has 0 atom stereocenters. The third-order valence-electron chi connectivity index (χ3n) is 3.25. The number of aryl methyl sites for hydroxylation is 1. The van der Waals surface area contributed by atoms with Crippen molar-refractivity contribution in [3.8, 4) is 11.4 Å². The minimum atomic E-state index is -0.213. The molecule has 5 nitrogen and oxygen atoms in total. The number of rotatable bonds is 4. The zero-order valence-electron chi connectivity index (χ0n) is 11.5. The van der Waals surface area contributed by atoms with Crippen LogP contribution in [0.15, 0.2) is 42.5 Å². The van der Waals surface area contributed by atoms with Crippen LogP contribution < -0.4 is 5.32 Å². The quantitative estimate of drug-likeness (QED) is 0.772. The molecule has 0 aliphatic heterocycles. The molecule has 1 heterocycles. The number of halogens is 1. The molecule has 0 bridgehead atoms. The highest BCUT2D eigenvalue weighted by molar-refractivity contribution is 5.61. The van der Waals surface area contributed by atoms with Crippen LogP contribution >= 0.6 is 0 Å². The van der Waals surface area contributed by atoms with Gasteiger partial charge in [0.25, 0.3) is 0 Å². The average molecular weight is 283 g/mol. The number of aromatic nitrogens is 4. The van der Waals surface area contributed by atoms with Gasteiger partial charge in [-0.15, -0.1) is 10.2 Å². The number of benzene rings is 2. The van der Waals surface area contributed by atoms with Gasteiger partial charge in [-0.25, -0.2) is 4.39 Å². The van der Waals surface area contributed by atoms with Crippen molar-refractivity contribution in [2.75, 3.05) is 5.32 Å². The molecule has 0 amide bonds. The Morgan fingerprint density at radius 3 is 2.86 bits per heavy atom. The first-order valence-corrected chi connectivity index (χ1v) is 6.55. The molecule has 21 heavy (non-hydrogen) atoms. The second-order valence-corrected chi connectivity index (χ2v) is 4.74. The summed E-state index contributed by atoms with van der Waals surface area (Å²) in [5.74, 6) is 0.340. The number of nitrogens with zero attached hydrogens (tertiary/aromatic N) is 3. The molecule has 2 N–H and O–H groups in total. The van der Waals surface area contributed by atoms with Gasteiger partial charge in [-0.1, -0.05) is 18.2 Å². The van der Waals surface area contributed by atoms with E-state index in [1.807, 2.05) is 31.2 Å². The highest BCUT2D eigenvalue weighted by Gasteiger charge is 2.04. The molecular weight excluding hydrogens is 269 g/mol. The summed E-state index contributed by atoms with van der Waals surface area (Å²) in [6.45, 7) is 2.53. The summed E-state index contributed by atoms with van der Waals surface area (Å²) < 4.78 is 13.1. The summed E-state index contributed by atoms with van der Waals surface area (Å²) in [6.07, 6.45) is 0. The largest absolute Gasteiger partial charge is 0.381 e. The minimum Gasteiger partial charge on any atom is -0.381 e. The lowest BCUT2D eigenvalue weighted by molar-refractivity contribution is 0.625. The maximum Gasteiger partial charge on any atom is 0.204 e. The number of nitrogens with one attached hydrogen (secondary N) is 2. The average Bonchev–Trinajstić information content (AvgIpc) is 3.01. The molecule has 0 aliphatic carbocycles. The number of anilines is 1. The molecule has 0 fully saturated rings. The van der Waals surface area contributed by atoms with Gasteiger partial charge in [0.05, 0.1) is 0 Å². The maximum absolute atomic E-state index is 13.1. The monoisotopic (exact) mass is 283 g/mol. The molecule has 3 rings (SSSR count). The van der Waals surface area contributed by atoms with Crippen molar-refractivity contribution in [1.82, 2.24) is 20.6 Å². The molecule has 1 aromatic heterocycles. The summed E-state index contributed by atoms with van der Waals surface area (Å²) >= 11 is 0. The SMILES string of the molecule is Cc1cc(F)ccc1CNc1cccc(-c2nn[nH]n2)c1. The van der Waals surface area contributed by atoms with Crippen LogP contribution in [0.1, 0.15) is 11.1 Å². The standard InChI is InChI=1S/C15H14FN5/c1-10-7-13(16)6-5-12(10)9-17-14-4-2-3-11(8-14)15-18-20-21-19-15/h2-8,17H,9H2,1H3,(H,18,19,20,21). The van der Waals surface area contributed by atoms with E-state index in [1.165, 1.54) is 12.1 Å². The number of hydrogen-bond donors (Lipinski definition) is 2. The van der Waals surface area contributed by atoms with E-state index in [1.54, 1.807) is 6.07 Å². The predicted octanol–water partition coefficient (Wildman–Crippen LogP) is 2.93. The van der Waals surface area contributed by atoms with Crippen LogP contribution in [0.25, 0.3) is 11.4 Å². The fraction of sp³-hybridized carbons (Fsp3) is 0.133. The Labute approximate surface area is 121 Å². The van der Waals surface area contributed by atoms with Gasteiger partial charge < -0.3 is 5.32 Å². The van der Waals surface area contributed by atoms with E-state index in [0.29, 0.717) is 12.4 Å². The van der Waals surface area contributed by atoms with Gasteiger partial charge in [-0.3, -0.25) is 0 Å². The van der Waals surface area contributed by atoms with Crippen LogP contribution in [0.4, 0.5) is 10.1 Å². The summed E-state index contributed by atoms with van der Waals surface area (Å²) in [4.78, 5) is 0. The molecule has 0 radical (unpaired) electrons. The van der Waals surface area contributed by atoms with Gasteiger partial charge in [0.15, 0.2) is 0 Å². The van der Waals surface area contributed by atoms with Crippen LogP contribution in [0.5, 0.6) is 0 Å². The lowest BCUT2D eigenvalue weighted by Gasteiger charge is -2.09. The van der Waals surface area contributed by atoms with Gasteiger partial charge in [0, 0.05) is 17.8 Å². The predicted molar refractivity (Wildman–Crippen MR) is 78.1 cm³/mol. The lowest BCUT2D eigenvalue weighted by atomic mass is 10.1. The van der Waals surface area contributed by atoms with Gasteiger partial charge in [-0.05, 0) is 47.5 Å². The number of H-pyrrole nitrogens is 1. The third-order valence-corrected chi connectivity index (χ3v) is 3.25. The van der Waals surface area contributed by atoms with Gasteiger partial charge in [0.2, 0.25) is 5.82 Å². The summed E-state index contributed by atoms with van der Waals surface area (Å²) in [6, 6.07) is 12.5. The van der Waals surface area contributed by atoms with E-state index in [0.717, 1.165) is 22.4 Å². The lowest BCUT2D eigenvalue weighted by Crippen LogP contribution is -2.01. The smallest absolute Gasteiger partial charge is 0.204 e. The summed E-state index contributed by atoms with van der Waals surface area (Å²) in [5.41, 5.74) is 3.81. The van der Waals surface area contributed by atoms with Crippen molar-refractivity contribution in [3.63, 3.8) is 0 Å². The first-order valence-electron chi connectivity index (χ1n) is 6.55. The summed E-state index contributed by atoms with van der Waals surface area (Å²) in [5, 5.41) is 17.2. The molecule has 6 heteroatoms. The van der Waals surface area contributed by atoms with Crippen molar-refractivity contribution in [1.29, 1.82) is 0 Å². The van der Waals surface area contributed by atoms with Crippen LogP contribution in [0.2, 0.25) is 0 Å². The Balaban J connectivity index is 1.75. The Hall–Kier alpha value is -2.76. The van der Waals surface area contributed by atoms with Crippen molar-refractivity contribution in [2.45, 2.75) is 13.5 Å². The fourth-order valence-electron chi connectivity index (χ4n) is 2.11. The molecule has 106 valence electrons. The Bertz CT molecular complexity index is 740. The first-order chi connectivity index (χ1) is 10.2. The van der Waals surface area contributed by atoms with Gasteiger partial charge >= 0.3 is 0 Å². The van der Waals surface area contributed by atoms with E-state index in [-0.39, 0.29) is 5.82 Å². The Morgan fingerprint density at radius 1 is 1.19 bits per heavy atom. The molecule has 0 spiro atoms. The third kappa shape index (κ3) is 3.05. The van der Waals surface area contributed by atoms with Crippen LogP contribution in [0, 0.1) is 12.7 Å². The number of hydrogen-bond acceptors (Lipinski definition) is 4. The van der Waals surface area contributed by atoms with E-state index in [2.05, 4.69) is 25.9 Å². The van der Waals surface area contributed by atoms with Gasteiger partial charge in [0.1, 0.15) is 5.82 Å². The van der Waals surface area contributed by atoms with E-state index in [9.17, 15) is 4.39 Å². The van der Waals surface area contributed by atoms with Gasteiger partial charge in [-0.2, -0.15) is 5.21 Å². The maximum atomic E-state index is 13.1. The minimum absolute atomic E-state index is 0.213. The molecule has 0 saturated heterocycles. The second-order valence-electron chi connectivity index (χ2n) is 4.74.